The Hall–Kier alpha value is -1.34. The van der Waals surface area contributed by atoms with E-state index in [0.29, 0.717) is 6.04 Å². The van der Waals surface area contributed by atoms with Gasteiger partial charge in [-0.3, -0.25) is 10.00 Å². The van der Waals surface area contributed by atoms with Crippen molar-refractivity contribution in [3.8, 4) is 6.07 Å². The van der Waals surface area contributed by atoms with Crippen LogP contribution in [-0.4, -0.2) is 15.8 Å². The van der Waals surface area contributed by atoms with Crippen molar-refractivity contribution in [1.82, 2.24) is 15.1 Å². The summed E-state index contributed by atoms with van der Waals surface area (Å²) in [5.41, 5.74) is 2.02. The Balaban J connectivity index is 2.21. The molecule has 20 heavy (non-hydrogen) atoms. The number of nitrogens with zero attached hydrogens (tertiary/aromatic N) is 3. The second kappa shape index (κ2) is 5.97. The quantitative estimate of drug-likeness (QED) is 0.921. The maximum Gasteiger partial charge on any atom is 0.124 e. The van der Waals surface area contributed by atoms with Crippen LogP contribution in [0.25, 0.3) is 0 Å². The van der Waals surface area contributed by atoms with Gasteiger partial charge < -0.3 is 0 Å². The largest absolute Gasteiger partial charge is 0.295 e. The maximum absolute atomic E-state index is 9.56. The van der Waals surface area contributed by atoms with Crippen molar-refractivity contribution in [2.45, 2.75) is 70.4 Å². The van der Waals surface area contributed by atoms with Crippen LogP contribution in [0.5, 0.6) is 0 Å². The molecule has 1 saturated carbocycles. The molecule has 1 N–H and O–H groups in total. The van der Waals surface area contributed by atoms with Crippen molar-refractivity contribution in [3.05, 3.63) is 17.5 Å². The van der Waals surface area contributed by atoms with Crippen LogP contribution in [0.2, 0.25) is 0 Å². The lowest BCUT2D eigenvalue weighted by Crippen LogP contribution is -2.34. The van der Waals surface area contributed by atoms with Gasteiger partial charge in [-0.05, 0) is 12.8 Å². The predicted molar refractivity (Wildman–Crippen MR) is 80.3 cm³/mol. The third-order valence-electron chi connectivity index (χ3n) is 4.02. The van der Waals surface area contributed by atoms with Crippen molar-refractivity contribution < 1.29 is 0 Å². The van der Waals surface area contributed by atoms with Gasteiger partial charge in [0.1, 0.15) is 6.04 Å². The SMILES string of the molecule is Cn1cc(C(C#N)NC2CCCCC2)c(C(C)(C)C)n1. The van der Waals surface area contributed by atoms with Crippen molar-refractivity contribution in [1.29, 1.82) is 5.26 Å². The number of aryl methyl sites for hydroxylation is 1. The molecule has 1 fully saturated rings. The molecule has 0 aliphatic heterocycles. The van der Waals surface area contributed by atoms with E-state index in [0.717, 1.165) is 11.3 Å². The average Bonchev–Trinajstić information content (AvgIpc) is 2.79. The molecule has 0 saturated heterocycles. The molecule has 4 nitrogen and oxygen atoms in total. The van der Waals surface area contributed by atoms with E-state index in [1.807, 2.05) is 17.9 Å². The van der Waals surface area contributed by atoms with Gasteiger partial charge in [0.2, 0.25) is 0 Å². The lowest BCUT2D eigenvalue weighted by Gasteiger charge is -2.26. The topological polar surface area (TPSA) is 53.6 Å². The molecule has 1 aromatic rings. The van der Waals surface area contributed by atoms with Gasteiger partial charge in [-0.15, -0.1) is 0 Å². The minimum absolute atomic E-state index is 0.0417. The monoisotopic (exact) mass is 274 g/mol. The molecule has 4 heteroatoms. The standard InChI is InChI=1S/C16H26N4/c1-16(2,3)15-13(11-20(4)19-15)14(10-17)18-12-8-6-5-7-9-12/h11-12,14,18H,5-9H2,1-4H3. The molecule has 1 aliphatic rings. The molecule has 110 valence electrons. The van der Waals surface area contributed by atoms with Gasteiger partial charge >= 0.3 is 0 Å². The summed E-state index contributed by atoms with van der Waals surface area (Å²) in [5.74, 6) is 0. The van der Waals surface area contributed by atoms with Gasteiger partial charge in [0.15, 0.2) is 0 Å². The Kier molecular flexibility index (Phi) is 4.49. The summed E-state index contributed by atoms with van der Waals surface area (Å²) in [5, 5.41) is 17.7. The van der Waals surface area contributed by atoms with Crippen LogP contribution in [-0.2, 0) is 12.5 Å². The van der Waals surface area contributed by atoms with Crippen molar-refractivity contribution in [2.75, 3.05) is 0 Å². The van der Waals surface area contributed by atoms with E-state index in [2.05, 4.69) is 37.3 Å². The number of rotatable bonds is 3. The highest BCUT2D eigenvalue weighted by Crippen LogP contribution is 2.29. The Morgan fingerprint density at radius 1 is 1.35 bits per heavy atom. The minimum Gasteiger partial charge on any atom is -0.295 e. The van der Waals surface area contributed by atoms with Gasteiger partial charge in [-0.1, -0.05) is 40.0 Å². The first kappa shape index (κ1) is 15.1. The number of hydrogen-bond acceptors (Lipinski definition) is 3. The molecule has 1 atom stereocenters. The summed E-state index contributed by atoms with van der Waals surface area (Å²) in [6.07, 6.45) is 8.23. The van der Waals surface area contributed by atoms with Crippen molar-refractivity contribution in [3.63, 3.8) is 0 Å². The van der Waals surface area contributed by atoms with Crippen LogP contribution < -0.4 is 5.32 Å². The lowest BCUT2D eigenvalue weighted by molar-refractivity contribution is 0.358. The van der Waals surface area contributed by atoms with Crippen LogP contribution in [0.3, 0.4) is 0 Å². The molecule has 0 bridgehead atoms. The minimum atomic E-state index is -0.249. The van der Waals surface area contributed by atoms with E-state index in [1.165, 1.54) is 32.1 Å². The van der Waals surface area contributed by atoms with Crippen molar-refractivity contribution >= 4 is 0 Å². The van der Waals surface area contributed by atoms with Gasteiger partial charge in [-0.2, -0.15) is 10.4 Å². The molecule has 0 aromatic carbocycles. The zero-order chi connectivity index (χ0) is 14.8. The summed E-state index contributed by atoms with van der Waals surface area (Å²) in [4.78, 5) is 0. The van der Waals surface area contributed by atoms with Crippen LogP contribution in [0.4, 0.5) is 0 Å². The second-order valence-corrected chi connectivity index (χ2v) is 6.92. The summed E-state index contributed by atoms with van der Waals surface area (Å²) in [7, 11) is 1.92. The summed E-state index contributed by atoms with van der Waals surface area (Å²) < 4.78 is 1.82. The van der Waals surface area contributed by atoms with Gasteiger partial charge in [0.05, 0.1) is 11.8 Å². The molecule has 1 unspecified atom stereocenters. The molecule has 0 amide bonds. The van der Waals surface area contributed by atoms with E-state index in [4.69, 9.17) is 0 Å². The van der Waals surface area contributed by atoms with E-state index >= 15 is 0 Å². The molecular formula is C16H26N4. The van der Waals surface area contributed by atoms with E-state index in [1.54, 1.807) is 0 Å². The number of nitriles is 1. The van der Waals surface area contributed by atoms with Crippen molar-refractivity contribution in [2.24, 2.45) is 7.05 Å². The normalized spacial score (nSPS) is 18.8. The van der Waals surface area contributed by atoms with Crippen LogP contribution in [0.1, 0.15) is 70.2 Å². The molecule has 0 spiro atoms. The molecule has 1 heterocycles. The maximum atomic E-state index is 9.56. The predicted octanol–water partition coefficient (Wildman–Crippen LogP) is 3.20. The molecule has 2 rings (SSSR count). The third-order valence-corrected chi connectivity index (χ3v) is 4.02. The van der Waals surface area contributed by atoms with Gasteiger partial charge in [0, 0.05) is 30.3 Å². The van der Waals surface area contributed by atoms with E-state index in [-0.39, 0.29) is 11.5 Å². The number of nitrogens with one attached hydrogen (secondary N) is 1. The first-order valence-corrected chi connectivity index (χ1v) is 7.61. The highest BCUT2D eigenvalue weighted by atomic mass is 15.3. The first-order chi connectivity index (χ1) is 9.41. The Morgan fingerprint density at radius 3 is 2.55 bits per heavy atom. The fraction of sp³-hybridized carbons (Fsp3) is 0.750. The highest BCUT2D eigenvalue weighted by molar-refractivity contribution is 5.31. The smallest absolute Gasteiger partial charge is 0.124 e. The fourth-order valence-electron chi connectivity index (χ4n) is 3.00. The first-order valence-electron chi connectivity index (χ1n) is 7.61. The van der Waals surface area contributed by atoms with Crippen LogP contribution >= 0.6 is 0 Å². The molecule has 1 aromatic heterocycles. The van der Waals surface area contributed by atoms with Gasteiger partial charge in [0.25, 0.3) is 0 Å². The van der Waals surface area contributed by atoms with Crippen LogP contribution in [0.15, 0.2) is 6.20 Å². The summed E-state index contributed by atoms with van der Waals surface area (Å²) in [6, 6.07) is 2.65. The van der Waals surface area contributed by atoms with E-state index < -0.39 is 0 Å². The second-order valence-electron chi connectivity index (χ2n) is 6.92. The number of hydrogen-bond donors (Lipinski definition) is 1. The Labute approximate surface area is 122 Å². The van der Waals surface area contributed by atoms with E-state index in [9.17, 15) is 5.26 Å². The summed E-state index contributed by atoms with van der Waals surface area (Å²) in [6.45, 7) is 6.44. The van der Waals surface area contributed by atoms with Crippen LogP contribution in [0, 0.1) is 11.3 Å². The lowest BCUT2D eigenvalue weighted by atomic mass is 9.87. The summed E-state index contributed by atoms with van der Waals surface area (Å²) >= 11 is 0. The molecular weight excluding hydrogens is 248 g/mol. The zero-order valence-electron chi connectivity index (χ0n) is 13.1. The Morgan fingerprint density at radius 2 is 2.00 bits per heavy atom. The third kappa shape index (κ3) is 3.40. The molecule has 1 aliphatic carbocycles. The molecule has 0 radical (unpaired) electrons. The fourth-order valence-corrected chi connectivity index (χ4v) is 3.00. The number of aromatic nitrogens is 2. The highest BCUT2D eigenvalue weighted by Gasteiger charge is 2.28. The Bertz CT molecular complexity index is 484. The zero-order valence-corrected chi connectivity index (χ0v) is 13.1. The average molecular weight is 274 g/mol. The van der Waals surface area contributed by atoms with Gasteiger partial charge in [-0.25, -0.2) is 0 Å².